The number of hydrogen-bond acceptors (Lipinski definition) is 5. The van der Waals surface area contributed by atoms with E-state index < -0.39 is 9.71 Å². The SMILES string of the molecule is C=S(=O)(NC=O)c1cc(Cl)cs1.CC(=O)C(N)CC(C)C.Cc1ccccc1. The highest BCUT2D eigenvalue weighted by Gasteiger charge is 2.09. The standard InChI is InChI=1S/C7H15NO.C7H8.C6H6ClNO2S2/c1-5(2)4-7(8)6(3)9;1-7-5-3-2-4-6-7;1-12(10,8-4-9)6-2-5(7)3-11-6/h5,7H,4,8H2,1-3H3;2-6H,1H3;2-4H,1H2,(H,8,9,10). The van der Waals surface area contributed by atoms with Crippen LogP contribution in [0.2, 0.25) is 5.02 Å². The number of aryl methyl sites for hydroxylation is 1. The van der Waals surface area contributed by atoms with Gasteiger partial charge in [-0.3, -0.25) is 14.3 Å². The molecule has 1 heterocycles. The van der Waals surface area contributed by atoms with Gasteiger partial charge in [-0.05, 0) is 38.1 Å². The number of hydrogen-bond donors (Lipinski definition) is 2. The zero-order valence-electron chi connectivity index (χ0n) is 16.7. The Kier molecular flexibility index (Phi) is 12.7. The van der Waals surface area contributed by atoms with Gasteiger partial charge in [0.1, 0.15) is 9.99 Å². The molecule has 1 amide bonds. The number of nitrogens with two attached hydrogens (primary N) is 1. The molecule has 2 aromatic rings. The fraction of sp³-hybridized carbons (Fsp3) is 0.350. The molecule has 0 fully saturated rings. The number of benzene rings is 1. The molecule has 1 aromatic carbocycles. The Labute approximate surface area is 177 Å². The third-order valence-corrected chi connectivity index (χ3v) is 6.71. The lowest BCUT2D eigenvalue weighted by molar-refractivity contribution is -0.118. The van der Waals surface area contributed by atoms with Crippen LogP contribution in [0.15, 0.2) is 46.0 Å². The number of thiophene rings is 1. The van der Waals surface area contributed by atoms with Gasteiger partial charge in [0.05, 0.1) is 20.8 Å². The van der Waals surface area contributed by atoms with Gasteiger partial charge in [-0.2, -0.15) is 0 Å². The van der Waals surface area contributed by atoms with Crippen molar-refractivity contribution in [2.75, 3.05) is 0 Å². The van der Waals surface area contributed by atoms with Crippen LogP contribution in [0, 0.1) is 12.8 Å². The van der Waals surface area contributed by atoms with E-state index in [0.29, 0.717) is 21.6 Å². The number of Topliss-reactive ketones (excluding diaryl/α,β-unsaturated/α-hetero) is 1. The highest BCUT2D eigenvalue weighted by molar-refractivity contribution is 8.00. The third kappa shape index (κ3) is 11.9. The van der Waals surface area contributed by atoms with Crippen LogP contribution in [0.1, 0.15) is 32.8 Å². The minimum absolute atomic E-state index is 0.0868. The Balaban J connectivity index is 0.000000406. The maximum absolute atomic E-state index is 11.5. The zero-order chi connectivity index (χ0) is 21.7. The summed E-state index contributed by atoms with van der Waals surface area (Å²) in [5, 5.41) is 2.13. The number of ketones is 1. The summed E-state index contributed by atoms with van der Waals surface area (Å²) in [4.78, 5) is 20.6. The number of nitrogens with one attached hydrogen (secondary N) is 1. The van der Waals surface area contributed by atoms with Crippen molar-refractivity contribution in [3.8, 4) is 0 Å². The van der Waals surface area contributed by atoms with Gasteiger partial charge in [0.25, 0.3) is 0 Å². The minimum atomic E-state index is -2.67. The first-order valence-electron chi connectivity index (χ1n) is 8.59. The second-order valence-corrected chi connectivity index (χ2v) is 10.1. The van der Waals surface area contributed by atoms with Gasteiger partial charge in [-0.25, -0.2) is 4.21 Å². The minimum Gasteiger partial charge on any atom is -0.322 e. The smallest absolute Gasteiger partial charge is 0.218 e. The molecule has 1 aromatic heterocycles. The summed E-state index contributed by atoms with van der Waals surface area (Å²) >= 11 is 6.81. The molecule has 0 bridgehead atoms. The van der Waals surface area contributed by atoms with Gasteiger partial charge < -0.3 is 5.73 Å². The molecule has 0 aliphatic carbocycles. The molecule has 0 spiro atoms. The van der Waals surface area contributed by atoms with Crippen LogP contribution < -0.4 is 10.5 Å². The molecule has 2 atom stereocenters. The van der Waals surface area contributed by atoms with E-state index in [1.807, 2.05) is 18.2 Å². The Hall–Kier alpha value is -1.67. The fourth-order valence-electron chi connectivity index (χ4n) is 1.81. The van der Waals surface area contributed by atoms with Crippen molar-refractivity contribution in [2.45, 2.75) is 44.4 Å². The van der Waals surface area contributed by atoms with Gasteiger partial charge in [-0.1, -0.05) is 61.3 Å². The van der Waals surface area contributed by atoms with E-state index in [9.17, 15) is 13.8 Å². The summed E-state index contributed by atoms with van der Waals surface area (Å²) in [5.41, 5.74) is 6.79. The van der Waals surface area contributed by atoms with Crippen LogP contribution in [0.3, 0.4) is 0 Å². The Morgan fingerprint density at radius 2 is 1.93 bits per heavy atom. The molecular weight excluding hydrogens is 416 g/mol. The first-order valence-corrected chi connectivity index (χ1v) is 11.6. The quantitative estimate of drug-likeness (QED) is 0.518. The van der Waals surface area contributed by atoms with Crippen molar-refractivity contribution in [3.63, 3.8) is 0 Å². The zero-order valence-corrected chi connectivity index (χ0v) is 19.1. The van der Waals surface area contributed by atoms with Gasteiger partial charge in [0, 0.05) is 5.38 Å². The van der Waals surface area contributed by atoms with Gasteiger partial charge in [0.2, 0.25) is 6.41 Å². The molecule has 5 nitrogen and oxygen atoms in total. The number of amides is 1. The van der Waals surface area contributed by atoms with Crippen molar-refractivity contribution < 1.29 is 13.8 Å². The van der Waals surface area contributed by atoms with E-state index >= 15 is 0 Å². The highest BCUT2D eigenvalue weighted by Crippen LogP contribution is 2.22. The Morgan fingerprint density at radius 3 is 2.21 bits per heavy atom. The Morgan fingerprint density at radius 1 is 1.36 bits per heavy atom. The van der Waals surface area contributed by atoms with Gasteiger partial charge >= 0.3 is 0 Å². The van der Waals surface area contributed by atoms with Crippen LogP contribution in [-0.4, -0.2) is 28.3 Å². The van der Waals surface area contributed by atoms with E-state index in [1.54, 1.807) is 5.38 Å². The summed E-state index contributed by atoms with van der Waals surface area (Å²) in [6, 6.07) is 11.5. The molecule has 3 N–H and O–H groups in total. The average molecular weight is 445 g/mol. The largest absolute Gasteiger partial charge is 0.322 e. The second-order valence-electron chi connectivity index (χ2n) is 6.50. The lowest BCUT2D eigenvalue weighted by Crippen LogP contribution is -2.29. The summed E-state index contributed by atoms with van der Waals surface area (Å²) in [6.07, 6.45) is 1.16. The topological polar surface area (TPSA) is 89.3 Å². The van der Waals surface area contributed by atoms with Crippen molar-refractivity contribution >= 4 is 50.7 Å². The summed E-state index contributed by atoms with van der Waals surface area (Å²) in [7, 11) is -2.67. The molecule has 2 unspecified atom stereocenters. The van der Waals surface area contributed by atoms with Crippen LogP contribution in [0.4, 0.5) is 0 Å². The normalized spacial score (nSPS) is 13.1. The van der Waals surface area contributed by atoms with E-state index in [0.717, 1.165) is 6.42 Å². The summed E-state index contributed by atoms with van der Waals surface area (Å²) in [6.45, 7) is 7.73. The molecule has 0 aliphatic rings. The number of rotatable bonds is 6. The number of halogens is 1. The molecule has 156 valence electrons. The molecule has 2 rings (SSSR count). The van der Waals surface area contributed by atoms with E-state index in [-0.39, 0.29) is 11.8 Å². The first-order chi connectivity index (χ1) is 13.0. The third-order valence-electron chi connectivity index (χ3n) is 3.29. The molecule has 0 aliphatic heterocycles. The first kappa shape index (κ1) is 26.3. The number of carbonyl (C=O) groups excluding carboxylic acids is 2. The van der Waals surface area contributed by atoms with Crippen molar-refractivity contribution in [1.29, 1.82) is 0 Å². The van der Waals surface area contributed by atoms with E-state index in [1.165, 1.54) is 29.9 Å². The lowest BCUT2D eigenvalue weighted by Gasteiger charge is -2.08. The van der Waals surface area contributed by atoms with E-state index in [2.05, 4.69) is 43.5 Å². The highest BCUT2D eigenvalue weighted by atomic mass is 35.5. The maximum Gasteiger partial charge on any atom is 0.218 e. The second kappa shape index (κ2) is 13.5. The molecular formula is C20H29ClN2O3S2. The fourth-order valence-corrected chi connectivity index (χ4v) is 4.18. The summed E-state index contributed by atoms with van der Waals surface area (Å²) < 4.78 is 14.1. The van der Waals surface area contributed by atoms with Crippen molar-refractivity contribution in [1.82, 2.24) is 4.72 Å². The molecule has 0 radical (unpaired) electrons. The van der Waals surface area contributed by atoms with Crippen LogP contribution >= 0.6 is 22.9 Å². The van der Waals surface area contributed by atoms with Crippen LogP contribution in [0.5, 0.6) is 0 Å². The molecule has 0 saturated heterocycles. The number of carbonyl (C=O) groups is 2. The van der Waals surface area contributed by atoms with Crippen LogP contribution in [-0.2, 0) is 19.3 Å². The molecule has 8 heteroatoms. The maximum atomic E-state index is 11.5. The van der Waals surface area contributed by atoms with Gasteiger partial charge in [0.15, 0.2) is 0 Å². The predicted molar refractivity (Wildman–Crippen MR) is 121 cm³/mol. The molecule has 28 heavy (non-hydrogen) atoms. The van der Waals surface area contributed by atoms with Crippen molar-refractivity contribution in [3.05, 3.63) is 52.4 Å². The average Bonchev–Trinajstić information content (AvgIpc) is 3.03. The Bertz CT molecular complexity index is 819. The van der Waals surface area contributed by atoms with Crippen LogP contribution in [0.25, 0.3) is 0 Å². The monoisotopic (exact) mass is 444 g/mol. The predicted octanol–water partition coefficient (Wildman–Crippen LogP) is 4.08. The lowest BCUT2D eigenvalue weighted by atomic mass is 10.0. The summed E-state index contributed by atoms with van der Waals surface area (Å²) in [5.74, 6) is 3.98. The van der Waals surface area contributed by atoms with Crippen molar-refractivity contribution in [2.24, 2.45) is 11.7 Å². The molecule has 0 saturated carbocycles. The van der Waals surface area contributed by atoms with Gasteiger partial charge in [-0.15, -0.1) is 11.3 Å². The van der Waals surface area contributed by atoms with E-state index in [4.69, 9.17) is 17.3 Å².